The van der Waals surface area contributed by atoms with E-state index in [0.717, 1.165) is 25.7 Å². The summed E-state index contributed by atoms with van der Waals surface area (Å²) in [6, 6.07) is 22.4. The summed E-state index contributed by atoms with van der Waals surface area (Å²) in [7, 11) is 0. The zero-order chi connectivity index (χ0) is 13.8. The van der Waals surface area contributed by atoms with E-state index in [1.54, 1.807) is 0 Å². The third-order valence-electron chi connectivity index (χ3n) is 4.66. The average Bonchev–Trinajstić information content (AvgIpc) is 2.56. The van der Waals surface area contributed by atoms with Crippen LogP contribution in [0.3, 0.4) is 0 Å². The molecule has 0 amide bonds. The van der Waals surface area contributed by atoms with E-state index in [1.807, 2.05) is 0 Å². The van der Waals surface area contributed by atoms with Crippen LogP contribution in [0.2, 0.25) is 0 Å². The Bertz CT molecular complexity index is 494. The van der Waals surface area contributed by atoms with Crippen molar-refractivity contribution >= 4 is 12.8 Å². The summed E-state index contributed by atoms with van der Waals surface area (Å²) < 4.78 is 3.03. The first-order chi connectivity index (χ1) is 9.85. The number of rotatable bonds is 3. The summed E-state index contributed by atoms with van der Waals surface area (Å²) in [5.74, 6) is 0. The Kier molecular flexibility index (Phi) is 7.01. The molecular weight excluding hydrogens is 301 g/mol. The van der Waals surface area contributed by atoms with Crippen molar-refractivity contribution in [2.75, 3.05) is 0 Å². The molecule has 0 aliphatic heterocycles. The van der Waals surface area contributed by atoms with Crippen LogP contribution in [0.5, 0.6) is 0 Å². The Morgan fingerprint density at radius 3 is 1.62 bits per heavy atom. The molecule has 0 atom stereocenters. The maximum atomic E-state index is 5.03. The molecule has 21 heavy (non-hydrogen) atoms. The fraction of sp³-hybridized carbons (Fsp3) is 0.333. The van der Waals surface area contributed by atoms with Crippen LogP contribution in [0.1, 0.15) is 36.8 Å². The summed E-state index contributed by atoms with van der Waals surface area (Å²) in [5, 5.41) is 0. The molecule has 104 valence electrons. The van der Waals surface area contributed by atoms with Gasteiger partial charge >= 0.3 is 51.4 Å². The van der Waals surface area contributed by atoms with Crippen LogP contribution in [0.15, 0.2) is 60.7 Å². The van der Waals surface area contributed by atoms with Gasteiger partial charge in [0.05, 0.1) is 0 Å². The normalized spacial score (nSPS) is 18.0. The molecule has 0 aromatic heterocycles. The van der Waals surface area contributed by atoms with Gasteiger partial charge in [-0.05, 0) is 42.9 Å². The number of benzene rings is 2. The van der Waals surface area contributed by atoms with Crippen LogP contribution in [0, 0.1) is 0 Å². The van der Waals surface area contributed by atoms with E-state index < -0.39 is 0 Å². The summed E-state index contributed by atoms with van der Waals surface area (Å²) in [4.78, 5) is 0. The second-order valence-corrected chi connectivity index (χ2v) is 5.94. The van der Waals surface area contributed by atoms with E-state index in [2.05, 4.69) is 65.4 Å². The molecule has 0 spiro atoms. The van der Waals surface area contributed by atoms with E-state index in [1.165, 1.54) is 11.1 Å². The molecule has 1 nitrogen and oxygen atoms in total. The molecule has 3 heteroatoms. The summed E-state index contributed by atoms with van der Waals surface area (Å²) in [6.07, 6.45) is 4.62. The summed E-state index contributed by atoms with van der Waals surface area (Å²) >= 11 is 5.03. The maximum Gasteiger partial charge on any atom is 1.00 e. The van der Waals surface area contributed by atoms with Crippen molar-refractivity contribution in [2.45, 2.75) is 37.1 Å². The van der Waals surface area contributed by atoms with E-state index in [0.29, 0.717) is 6.04 Å². The fourth-order valence-corrected chi connectivity index (χ4v) is 3.72. The molecule has 0 bridgehead atoms. The molecular formula is C18H20KNS. The van der Waals surface area contributed by atoms with Gasteiger partial charge < -0.3 is 17.5 Å². The van der Waals surface area contributed by atoms with Gasteiger partial charge in [0.2, 0.25) is 0 Å². The quantitative estimate of drug-likeness (QED) is 0.668. The van der Waals surface area contributed by atoms with Crippen LogP contribution in [0.4, 0.5) is 0 Å². The van der Waals surface area contributed by atoms with Gasteiger partial charge in [-0.2, -0.15) is 0 Å². The number of nitrogens with one attached hydrogen (secondary N) is 1. The first-order valence-corrected chi connectivity index (χ1v) is 7.75. The largest absolute Gasteiger partial charge is 1.00 e. The molecule has 1 saturated carbocycles. The van der Waals surface area contributed by atoms with Gasteiger partial charge in [0.1, 0.15) is 0 Å². The fourth-order valence-electron chi connectivity index (χ4n) is 3.49. The smallest absolute Gasteiger partial charge is 0.705 e. The van der Waals surface area contributed by atoms with E-state index >= 15 is 0 Å². The minimum absolute atomic E-state index is 0. The second kappa shape index (κ2) is 8.30. The van der Waals surface area contributed by atoms with Crippen LogP contribution >= 0.6 is 0 Å². The molecule has 1 fully saturated rings. The molecule has 2 aromatic carbocycles. The monoisotopic (exact) mass is 321 g/mol. The van der Waals surface area contributed by atoms with E-state index in [-0.39, 0.29) is 56.8 Å². The molecule has 1 aliphatic rings. The van der Waals surface area contributed by atoms with Crippen molar-refractivity contribution in [3.05, 3.63) is 71.8 Å². The molecule has 1 aliphatic carbocycles. The van der Waals surface area contributed by atoms with E-state index in [4.69, 9.17) is 12.8 Å². The molecule has 0 heterocycles. The van der Waals surface area contributed by atoms with Crippen molar-refractivity contribution < 1.29 is 51.4 Å². The molecule has 0 unspecified atom stereocenters. The van der Waals surface area contributed by atoms with Gasteiger partial charge in [-0.1, -0.05) is 60.7 Å². The molecule has 0 saturated heterocycles. The van der Waals surface area contributed by atoms with Crippen LogP contribution in [0.25, 0.3) is 0 Å². The number of hydrogen-bond acceptors (Lipinski definition) is 2. The Hall–Kier alpha value is 0.386. The van der Waals surface area contributed by atoms with Gasteiger partial charge in [-0.25, -0.2) is 0 Å². The van der Waals surface area contributed by atoms with Gasteiger partial charge in [0, 0.05) is 5.41 Å². The Morgan fingerprint density at radius 1 is 0.810 bits per heavy atom. The SMILES string of the molecule is [K+].[S-]NC1CCC(c2ccccc2)(c2ccccc2)CC1. The summed E-state index contributed by atoms with van der Waals surface area (Å²) in [5.41, 5.74) is 3.04. The summed E-state index contributed by atoms with van der Waals surface area (Å²) in [6.45, 7) is 0. The standard InChI is InChI=1S/C18H20NS.K/c20-19-17-11-13-18(14-12-17,15-7-3-1-4-8-15)16-9-5-2-6-10-16;/h1-10,17,19H,11-14H2;/q-1;+1. The van der Waals surface area contributed by atoms with Gasteiger partial charge in [-0.3, -0.25) is 0 Å². The third-order valence-corrected chi connectivity index (χ3v) is 4.99. The first kappa shape index (κ1) is 17.7. The Labute approximate surface area is 175 Å². The average molecular weight is 322 g/mol. The molecule has 0 radical (unpaired) electrons. The maximum absolute atomic E-state index is 5.03. The van der Waals surface area contributed by atoms with Gasteiger partial charge in [-0.15, -0.1) is 0 Å². The minimum Gasteiger partial charge on any atom is -0.705 e. The number of hydrogen-bond donors (Lipinski definition) is 1. The Balaban J connectivity index is 0.00000161. The third kappa shape index (κ3) is 3.84. The molecule has 1 N–H and O–H groups in total. The van der Waals surface area contributed by atoms with Gasteiger partial charge in [0.15, 0.2) is 0 Å². The van der Waals surface area contributed by atoms with Crippen molar-refractivity contribution in [1.82, 2.24) is 4.72 Å². The molecule has 2 aromatic rings. The minimum atomic E-state index is 0. The van der Waals surface area contributed by atoms with Crippen molar-refractivity contribution in [2.24, 2.45) is 0 Å². The van der Waals surface area contributed by atoms with Crippen molar-refractivity contribution in [1.29, 1.82) is 0 Å². The van der Waals surface area contributed by atoms with E-state index in [9.17, 15) is 0 Å². The Morgan fingerprint density at radius 2 is 1.24 bits per heavy atom. The van der Waals surface area contributed by atoms with Gasteiger partial charge in [0.25, 0.3) is 0 Å². The zero-order valence-electron chi connectivity index (χ0n) is 12.6. The van der Waals surface area contributed by atoms with Crippen molar-refractivity contribution in [3.8, 4) is 0 Å². The predicted molar refractivity (Wildman–Crippen MR) is 86.4 cm³/mol. The zero-order valence-corrected chi connectivity index (χ0v) is 16.5. The molecule has 3 rings (SSSR count). The van der Waals surface area contributed by atoms with Crippen LogP contribution in [-0.2, 0) is 18.2 Å². The predicted octanol–water partition coefficient (Wildman–Crippen LogP) is 0.971. The second-order valence-electron chi connectivity index (χ2n) is 5.71. The van der Waals surface area contributed by atoms with Crippen LogP contribution in [-0.4, -0.2) is 6.04 Å². The first-order valence-electron chi connectivity index (χ1n) is 7.34. The topological polar surface area (TPSA) is 12.0 Å². The van der Waals surface area contributed by atoms with Crippen molar-refractivity contribution in [3.63, 3.8) is 0 Å². The van der Waals surface area contributed by atoms with Crippen LogP contribution < -0.4 is 56.1 Å².